The summed E-state index contributed by atoms with van der Waals surface area (Å²) in [6, 6.07) is 7.68. The van der Waals surface area contributed by atoms with Gasteiger partial charge in [-0.15, -0.1) is 0 Å². The van der Waals surface area contributed by atoms with Gasteiger partial charge >= 0.3 is 0 Å². The molecule has 4 heteroatoms. The second kappa shape index (κ2) is 7.84. The van der Waals surface area contributed by atoms with Crippen molar-refractivity contribution in [3.8, 4) is 0 Å². The van der Waals surface area contributed by atoms with Crippen LogP contribution in [0.25, 0.3) is 0 Å². The van der Waals surface area contributed by atoms with E-state index in [4.69, 9.17) is 0 Å². The largest absolute Gasteiger partial charge is 0.355 e. The number of likely N-dealkylation sites (N-methyl/N-ethyl adjacent to an activating group) is 1. The van der Waals surface area contributed by atoms with Gasteiger partial charge in [0.2, 0.25) is 0 Å². The monoisotopic (exact) mass is 249 g/mol. The molecule has 0 fully saturated rings. The van der Waals surface area contributed by atoms with E-state index in [9.17, 15) is 4.79 Å². The first kappa shape index (κ1) is 14.7. The Kier molecular flexibility index (Phi) is 6.39. The van der Waals surface area contributed by atoms with E-state index in [1.807, 2.05) is 24.3 Å². The fourth-order valence-electron chi connectivity index (χ4n) is 1.58. The van der Waals surface area contributed by atoms with Gasteiger partial charge in [-0.25, -0.2) is 0 Å². The number of hydrogen-bond acceptors (Lipinski definition) is 3. The van der Waals surface area contributed by atoms with E-state index in [-0.39, 0.29) is 5.91 Å². The molecule has 100 valence electrons. The Morgan fingerprint density at radius 2 is 1.94 bits per heavy atom. The first-order valence-corrected chi connectivity index (χ1v) is 6.37. The second-order valence-corrected chi connectivity index (χ2v) is 4.35. The lowest BCUT2D eigenvalue weighted by molar-refractivity contribution is 0.0963. The Bertz CT molecular complexity index is 362. The average molecular weight is 249 g/mol. The molecule has 0 aliphatic heterocycles. The van der Waals surface area contributed by atoms with Crippen LogP contribution in [-0.4, -0.2) is 44.5 Å². The summed E-state index contributed by atoms with van der Waals surface area (Å²) in [5, 5.41) is 6.00. The molecule has 1 rings (SSSR count). The minimum atomic E-state index is -0.0425. The molecule has 1 aromatic rings. The Hall–Kier alpha value is -1.39. The van der Waals surface area contributed by atoms with E-state index in [1.54, 1.807) is 7.05 Å². The predicted octanol–water partition coefficient (Wildman–Crippen LogP) is 1.09. The van der Waals surface area contributed by atoms with E-state index in [2.05, 4.69) is 29.5 Å². The number of nitrogens with one attached hydrogen (secondary N) is 2. The van der Waals surface area contributed by atoms with Gasteiger partial charge in [0.05, 0.1) is 0 Å². The SMILES string of the molecule is CCN(C)CCNCc1ccc(C(=O)NC)cc1. The molecule has 4 nitrogen and oxygen atoms in total. The van der Waals surface area contributed by atoms with Crippen molar-refractivity contribution in [1.29, 1.82) is 0 Å². The molecule has 0 saturated heterocycles. The lowest BCUT2D eigenvalue weighted by Gasteiger charge is -2.14. The van der Waals surface area contributed by atoms with Crippen molar-refractivity contribution in [3.63, 3.8) is 0 Å². The molecule has 0 unspecified atom stereocenters. The van der Waals surface area contributed by atoms with Crippen LogP contribution in [0.2, 0.25) is 0 Å². The lowest BCUT2D eigenvalue weighted by atomic mass is 10.1. The van der Waals surface area contributed by atoms with Crippen LogP contribution in [0.3, 0.4) is 0 Å². The van der Waals surface area contributed by atoms with Crippen molar-refractivity contribution in [2.24, 2.45) is 0 Å². The van der Waals surface area contributed by atoms with Gasteiger partial charge < -0.3 is 15.5 Å². The summed E-state index contributed by atoms with van der Waals surface area (Å²) in [6.07, 6.45) is 0. The molecule has 0 aromatic heterocycles. The first-order chi connectivity index (χ1) is 8.67. The molecule has 0 heterocycles. The third-order valence-corrected chi connectivity index (χ3v) is 2.98. The van der Waals surface area contributed by atoms with Gasteiger partial charge in [0.1, 0.15) is 0 Å². The number of benzene rings is 1. The van der Waals surface area contributed by atoms with E-state index >= 15 is 0 Å². The second-order valence-electron chi connectivity index (χ2n) is 4.35. The highest BCUT2D eigenvalue weighted by molar-refractivity contribution is 5.93. The zero-order valence-electron chi connectivity index (χ0n) is 11.5. The summed E-state index contributed by atoms with van der Waals surface area (Å²) in [4.78, 5) is 13.6. The van der Waals surface area contributed by atoms with Crippen molar-refractivity contribution in [3.05, 3.63) is 35.4 Å². The van der Waals surface area contributed by atoms with Gasteiger partial charge in [-0.3, -0.25) is 4.79 Å². The number of hydrogen-bond donors (Lipinski definition) is 2. The van der Waals surface area contributed by atoms with Gasteiger partial charge in [0.15, 0.2) is 0 Å². The average Bonchev–Trinajstić information content (AvgIpc) is 2.43. The van der Waals surface area contributed by atoms with Crippen molar-refractivity contribution in [1.82, 2.24) is 15.5 Å². The third kappa shape index (κ3) is 4.85. The normalized spacial score (nSPS) is 10.7. The van der Waals surface area contributed by atoms with Crippen LogP contribution in [0.4, 0.5) is 0 Å². The van der Waals surface area contributed by atoms with Crippen LogP contribution in [0.15, 0.2) is 24.3 Å². The van der Waals surface area contributed by atoms with E-state index in [0.717, 1.165) is 26.2 Å². The van der Waals surface area contributed by atoms with Crippen LogP contribution >= 0.6 is 0 Å². The van der Waals surface area contributed by atoms with Gasteiger partial charge in [-0.2, -0.15) is 0 Å². The van der Waals surface area contributed by atoms with Gasteiger partial charge in [-0.1, -0.05) is 19.1 Å². The molecular formula is C14H23N3O. The van der Waals surface area contributed by atoms with Crippen LogP contribution in [0.5, 0.6) is 0 Å². The summed E-state index contributed by atoms with van der Waals surface area (Å²) >= 11 is 0. The third-order valence-electron chi connectivity index (χ3n) is 2.98. The Balaban J connectivity index is 2.33. The van der Waals surface area contributed by atoms with Gasteiger partial charge in [0, 0.05) is 32.2 Å². The molecule has 0 atom stereocenters. The molecule has 0 saturated carbocycles. The summed E-state index contributed by atoms with van der Waals surface area (Å²) < 4.78 is 0. The van der Waals surface area contributed by atoms with Crippen LogP contribution in [0.1, 0.15) is 22.8 Å². The van der Waals surface area contributed by atoms with Crippen molar-refractivity contribution >= 4 is 5.91 Å². The molecule has 0 aliphatic carbocycles. The van der Waals surface area contributed by atoms with E-state index in [0.29, 0.717) is 5.56 Å². The predicted molar refractivity (Wildman–Crippen MR) is 74.7 cm³/mol. The van der Waals surface area contributed by atoms with Crippen LogP contribution < -0.4 is 10.6 Å². The maximum atomic E-state index is 11.4. The number of carbonyl (C=O) groups is 1. The molecular weight excluding hydrogens is 226 g/mol. The van der Waals surface area contributed by atoms with E-state index < -0.39 is 0 Å². The zero-order valence-corrected chi connectivity index (χ0v) is 11.5. The van der Waals surface area contributed by atoms with Gasteiger partial charge in [-0.05, 0) is 31.3 Å². The number of amides is 1. The molecule has 2 N–H and O–H groups in total. The Morgan fingerprint density at radius 3 is 2.50 bits per heavy atom. The van der Waals surface area contributed by atoms with Crippen LogP contribution in [0, 0.1) is 0 Å². The van der Waals surface area contributed by atoms with E-state index in [1.165, 1.54) is 5.56 Å². The smallest absolute Gasteiger partial charge is 0.251 e. The minimum absolute atomic E-state index is 0.0425. The lowest BCUT2D eigenvalue weighted by Crippen LogP contribution is -2.28. The Labute approximate surface area is 109 Å². The quantitative estimate of drug-likeness (QED) is 0.711. The molecule has 18 heavy (non-hydrogen) atoms. The molecule has 0 aliphatic rings. The summed E-state index contributed by atoms with van der Waals surface area (Å²) in [5.41, 5.74) is 1.90. The van der Waals surface area contributed by atoms with Crippen molar-refractivity contribution in [2.45, 2.75) is 13.5 Å². The minimum Gasteiger partial charge on any atom is -0.355 e. The molecule has 0 bridgehead atoms. The summed E-state index contributed by atoms with van der Waals surface area (Å²) in [7, 11) is 3.75. The highest BCUT2D eigenvalue weighted by Gasteiger charge is 2.02. The fourth-order valence-corrected chi connectivity index (χ4v) is 1.58. The topological polar surface area (TPSA) is 44.4 Å². The standard InChI is InChI=1S/C14H23N3O/c1-4-17(3)10-9-16-11-12-5-7-13(8-6-12)14(18)15-2/h5-8,16H,4,9-11H2,1-3H3,(H,15,18). The molecule has 1 amide bonds. The highest BCUT2D eigenvalue weighted by Crippen LogP contribution is 2.03. The molecule has 0 radical (unpaired) electrons. The number of rotatable bonds is 7. The van der Waals surface area contributed by atoms with Gasteiger partial charge in [0.25, 0.3) is 5.91 Å². The maximum absolute atomic E-state index is 11.4. The zero-order chi connectivity index (χ0) is 13.4. The highest BCUT2D eigenvalue weighted by atomic mass is 16.1. The maximum Gasteiger partial charge on any atom is 0.251 e. The van der Waals surface area contributed by atoms with Crippen molar-refractivity contribution in [2.75, 3.05) is 33.7 Å². The first-order valence-electron chi connectivity index (χ1n) is 6.37. The Morgan fingerprint density at radius 1 is 1.28 bits per heavy atom. The number of nitrogens with zero attached hydrogens (tertiary/aromatic N) is 1. The molecule has 0 spiro atoms. The molecule has 1 aromatic carbocycles. The number of carbonyl (C=O) groups excluding carboxylic acids is 1. The van der Waals surface area contributed by atoms with Crippen LogP contribution in [-0.2, 0) is 6.54 Å². The summed E-state index contributed by atoms with van der Waals surface area (Å²) in [6.45, 7) is 6.08. The van der Waals surface area contributed by atoms with Crippen molar-refractivity contribution < 1.29 is 4.79 Å². The fraction of sp³-hybridized carbons (Fsp3) is 0.500. The summed E-state index contributed by atoms with van der Waals surface area (Å²) in [5.74, 6) is -0.0425.